The fourth-order valence-corrected chi connectivity index (χ4v) is 1.59. The molecule has 0 radical (unpaired) electrons. The average molecular weight is 261 g/mol. The molecular weight excluding hydrogens is 250 g/mol. The summed E-state index contributed by atoms with van der Waals surface area (Å²) in [6, 6.07) is 7.69. The molecule has 2 aromatic rings. The first-order valence-electron chi connectivity index (χ1n) is 5.32. The van der Waals surface area contributed by atoms with Crippen LogP contribution in [0.1, 0.15) is 10.4 Å². The summed E-state index contributed by atoms with van der Waals surface area (Å²) in [5.74, 6) is -1.70. The Bertz CT molecular complexity index is 639. The van der Waals surface area contributed by atoms with Gasteiger partial charge in [0, 0.05) is 6.07 Å². The van der Waals surface area contributed by atoms with Crippen molar-refractivity contribution in [1.82, 2.24) is 0 Å². The van der Waals surface area contributed by atoms with Crippen LogP contribution in [0, 0.1) is 0 Å². The zero-order chi connectivity index (χ0) is 14.0. The highest BCUT2D eigenvalue weighted by molar-refractivity contribution is 5.96. The lowest BCUT2D eigenvalue weighted by Gasteiger charge is -2.11. The van der Waals surface area contributed by atoms with E-state index in [0.29, 0.717) is 0 Å². The zero-order valence-corrected chi connectivity index (χ0v) is 9.66. The maximum Gasteiger partial charge on any atom is 0.337 e. The van der Waals surface area contributed by atoms with Crippen LogP contribution in [0.2, 0.25) is 0 Å². The highest BCUT2D eigenvalue weighted by atomic mass is 16.4. The van der Waals surface area contributed by atoms with E-state index in [1.807, 2.05) is 0 Å². The van der Waals surface area contributed by atoms with Gasteiger partial charge in [0.15, 0.2) is 0 Å². The Morgan fingerprint density at radius 1 is 0.895 bits per heavy atom. The molecule has 98 valence electrons. The largest absolute Gasteiger partial charge is 0.508 e. The first-order chi connectivity index (χ1) is 8.97. The molecule has 0 unspecified atom stereocenters. The monoisotopic (exact) mass is 261 g/mol. The number of rotatable bonds is 3. The van der Waals surface area contributed by atoms with Crippen LogP contribution in [-0.2, 0) is 0 Å². The summed E-state index contributed by atoms with van der Waals surface area (Å²) in [5, 5.41) is 39.8. The minimum absolute atomic E-state index is 0.104. The number of anilines is 2. The molecule has 0 aromatic heterocycles. The molecule has 0 aliphatic carbocycles. The number of hydrogen-bond acceptors (Lipinski definition) is 5. The molecule has 0 saturated heterocycles. The van der Waals surface area contributed by atoms with E-state index in [2.05, 4.69) is 5.32 Å². The lowest BCUT2D eigenvalue weighted by atomic mass is 10.1. The van der Waals surface area contributed by atoms with Crippen molar-refractivity contribution in [1.29, 1.82) is 0 Å². The lowest BCUT2D eigenvalue weighted by molar-refractivity contribution is 0.0697. The summed E-state index contributed by atoms with van der Waals surface area (Å²) in [7, 11) is 0. The summed E-state index contributed by atoms with van der Waals surface area (Å²) in [5.41, 5.74) is 0.324. The molecule has 6 heteroatoms. The van der Waals surface area contributed by atoms with Crippen molar-refractivity contribution in [3.8, 4) is 17.2 Å². The number of carboxylic acids is 1. The molecule has 0 saturated carbocycles. The van der Waals surface area contributed by atoms with Crippen LogP contribution in [0.5, 0.6) is 17.2 Å². The third-order valence-electron chi connectivity index (χ3n) is 2.48. The van der Waals surface area contributed by atoms with Gasteiger partial charge in [-0.15, -0.1) is 0 Å². The van der Waals surface area contributed by atoms with Gasteiger partial charge in [-0.25, -0.2) is 4.79 Å². The van der Waals surface area contributed by atoms with Crippen LogP contribution in [0.4, 0.5) is 11.4 Å². The minimum atomic E-state index is -1.21. The second-order valence-corrected chi connectivity index (χ2v) is 3.86. The average Bonchev–Trinajstić information content (AvgIpc) is 2.34. The van der Waals surface area contributed by atoms with Crippen LogP contribution in [0.25, 0.3) is 0 Å². The van der Waals surface area contributed by atoms with E-state index in [1.54, 1.807) is 0 Å². The van der Waals surface area contributed by atoms with Gasteiger partial charge in [-0.1, -0.05) is 0 Å². The molecule has 0 aliphatic heterocycles. The number of hydrogen-bond donors (Lipinski definition) is 5. The van der Waals surface area contributed by atoms with Gasteiger partial charge in [0.25, 0.3) is 0 Å². The lowest BCUT2D eigenvalue weighted by Crippen LogP contribution is -2.02. The number of phenolic OH excluding ortho intramolecular Hbond substituents is 3. The third kappa shape index (κ3) is 2.68. The maximum atomic E-state index is 11.0. The number of aromatic hydroxyl groups is 3. The normalized spacial score (nSPS) is 10.1. The molecule has 0 aliphatic rings. The van der Waals surface area contributed by atoms with Crippen molar-refractivity contribution in [2.45, 2.75) is 0 Å². The highest BCUT2D eigenvalue weighted by Gasteiger charge is 2.12. The molecule has 0 fully saturated rings. The number of carboxylic acid groups (broad SMARTS) is 1. The number of phenols is 3. The molecule has 0 amide bonds. The van der Waals surface area contributed by atoms with E-state index in [0.717, 1.165) is 12.1 Å². The second-order valence-electron chi connectivity index (χ2n) is 3.86. The topological polar surface area (TPSA) is 110 Å². The molecule has 0 atom stereocenters. The molecule has 0 heterocycles. The highest BCUT2D eigenvalue weighted by Crippen LogP contribution is 2.32. The summed E-state index contributed by atoms with van der Waals surface area (Å²) in [6.45, 7) is 0. The molecule has 5 N–H and O–H groups in total. The van der Waals surface area contributed by atoms with Crippen molar-refractivity contribution in [3.63, 3.8) is 0 Å². The van der Waals surface area contributed by atoms with E-state index < -0.39 is 5.97 Å². The Morgan fingerprint density at radius 2 is 1.47 bits per heavy atom. The van der Waals surface area contributed by atoms with E-state index >= 15 is 0 Å². The Labute approximate surface area is 108 Å². The van der Waals surface area contributed by atoms with Crippen molar-refractivity contribution >= 4 is 17.3 Å². The second kappa shape index (κ2) is 4.77. The molecule has 19 heavy (non-hydrogen) atoms. The first-order valence-corrected chi connectivity index (χ1v) is 5.32. The minimum Gasteiger partial charge on any atom is -0.508 e. The third-order valence-corrected chi connectivity index (χ3v) is 2.48. The van der Waals surface area contributed by atoms with Crippen molar-refractivity contribution in [2.24, 2.45) is 0 Å². The Kier molecular flexibility index (Phi) is 3.15. The van der Waals surface area contributed by atoms with Crippen molar-refractivity contribution in [3.05, 3.63) is 42.0 Å². The molecular formula is C13H11NO5. The number of benzene rings is 2. The molecule has 0 bridgehead atoms. The summed E-state index contributed by atoms with van der Waals surface area (Å²) >= 11 is 0. The summed E-state index contributed by atoms with van der Waals surface area (Å²) in [4.78, 5) is 11.0. The van der Waals surface area contributed by atoms with Gasteiger partial charge < -0.3 is 25.7 Å². The molecule has 0 spiro atoms. The van der Waals surface area contributed by atoms with Gasteiger partial charge in [0.1, 0.15) is 17.2 Å². The molecule has 6 nitrogen and oxygen atoms in total. The van der Waals surface area contributed by atoms with Crippen molar-refractivity contribution in [2.75, 3.05) is 5.32 Å². The maximum absolute atomic E-state index is 11.0. The van der Waals surface area contributed by atoms with Gasteiger partial charge in [-0.05, 0) is 30.3 Å². The quantitative estimate of drug-likeness (QED) is 0.428. The van der Waals surface area contributed by atoms with Crippen LogP contribution in [0.15, 0.2) is 36.4 Å². The molecule has 2 rings (SSSR count). The van der Waals surface area contributed by atoms with Gasteiger partial charge in [0.05, 0.1) is 16.9 Å². The number of aromatic carboxylic acids is 1. The first kappa shape index (κ1) is 12.6. The van der Waals surface area contributed by atoms with E-state index in [9.17, 15) is 15.0 Å². The van der Waals surface area contributed by atoms with E-state index in [1.165, 1.54) is 24.3 Å². The summed E-state index contributed by atoms with van der Waals surface area (Å²) < 4.78 is 0. The predicted molar refractivity (Wildman–Crippen MR) is 68.1 cm³/mol. The van der Waals surface area contributed by atoms with Crippen LogP contribution >= 0.6 is 0 Å². The number of carbonyl (C=O) groups is 1. The van der Waals surface area contributed by atoms with Crippen LogP contribution < -0.4 is 5.32 Å². The van der Waals surface area contributed by atoms with E-state index in [4.69, 9.17) is 10.2 Å². The smallest absolute Gasteiger partial charge is 0.337 e. The fraction of sp³-hybridized carbons (Fsp3) is 0. The fourth-order valence-electron chi connectivity index (χ4n) is 1.59. The van der Waals surface area contributed by atoms with Crippen LogP contribution in [-0.4, -0.2) is 26.4 Å². The van der Waals surface area contributed by atoms with Crippen molar-refractivity contribution < 1.29 is 25.2 Å². The zero-order valence-electron chi connectivity index (χ0n) is 9.66. The Hall–Kier alpha value is -2.89. The molecule has 2 aromatic carbocycles. The SMILES string of the molecule is O=C(O)c1cc(O)ccc1Nc1ccc(O)cc1O. The van der Waals surface area contributed by atoms with Gasteiger partial charge in [0.2, 0.25) is 0 Å². The van der Waals surface area contributed by atoms with Crippen LogP contribution in [0.3, 0.4) is 0 Å². The van der Waals surface area contributed by atoms with Gasteiger partial charge in [-0.2, -0.15) is 0 Å². The van der Waals surface area contributed by atoms with Gasteiger partial charge >= 0.3 is 5.97 Å². The van der Waals surface area contributed by atoms with E-state index in [-0.39, 0.29) is 34.2 Å². The number of nitrogens with one attached hydrogen (secondary N) is 1. The summed E-state index contributed by atoms with van der Waals surface area (Å²) in [6.07, 6.45) is 0. The standard InChI is InChI=1S/C13H11NO5/c15-7-1-3-10(9(5-7)13(18)19)14-11-4-2-8(16)6-12(11)17/h1-6,14-17H,(H,18,19). The Balaban J connectivity index is 2.40. The predicted octanol–water partition coefficient (Wildman–Crippen LogP) is 2.25. The Morgan fingerprint density at radius 3 is 2.05 bits per heavy atom. The van der Waals surface area contributed by atoms with Gasteiger partial charge in [-0.3, -0.25) is 0 Å².